The lowest BCUT2D eigenvalue weighted by Gasteiger charge is -2.34. The summed E-state index contributed by atoms with van der Waals surface area (Å²) in [5, 5.41) is 28.6. The molecule has 0 amide bonds. The lowest BCUT2D eigenvalue weighted by molar-refractivity contribution is -0.145. The number of hydrogen-bond acceptors (Lipinski definition) is 3. The molecular formula is C14H17FO4. The zero-order chi connectivity index (χ0) is 14.2. The predicted octanol–water partition coefficient (Wildman–Crippen LogP) is 2.83. The van der Waals surface area contributed by atoms with Crippen molar-refractivity contribution in [2.45, 2.75) is 44.4 Å². The van der Waals surface area contributed by atoms with E-state index in [9.17, 15) is 24.5 Å². The van der Waals surface area contributed by atoms with E-state index >= 15 is 0 Å². The first-order valence-electron chi connectivity index (χ1n) is 6.35. The molecule has 0 aliphatic heterocycles. The Morgan fingerprint density at radius 3 is 2.32 bits per heavy atom. The van der Waals surface area contributed by atoms with Crippen LogP contribution in [0.1, 0.15) is 43.2 Å². The van der Waals surface area contributed by atoms with Gasteiger partial charge in [0.05, 0.1) is 5.41 Å². The van der Waals surface area contributed by atoms with Crippen LogP contribution in [0, 0.1) is 12.7 Å². The summed E-state index contributed by atoms with van der Waals surface area (Å²) in [5.41, 5.74) is -1.04. The number of halogens is 1. The number of benzene rings is 1. The van der Waals surface area contributed by atoms with Crippen LogP contribution < -0.4 is 0 Å². The highest BCUT2D eigenvalue weighted by atomic mass is 19.1. The molecule has 2 rings (SSSR count). The Labute approximate surface area is 110 Å². The second kappa shape index (κ2) is 4.72. The van der Waals surface area contributed by atoms with Crippen LogP contribution in [0.4, 0.5) is 4.39 Å². The number of carbonyl (C=O) groups is 1. The molecule has 19 heavy (non-hydrogen) atoms. The zero-order valence-electron chi connectivity index (χ0n) is 10.7. The lowest BCUT2D eigenvalue weighted by Crippen LogP contribution is -2.38. The molecule has 0 aromatic heterocycles. The Kier molecular flexibility index (Phi) is 3.39. The van der Waals surface area contributed by atoms with Crippen molar-refractivity contribution in [2.24, 2.45) is 0 Å². The van der Waals surface area contributed by atoms with E-state index in [4.69, 9.17) is 0 Å². The third-order valence-corrected chi connectivity index (χ3v) is 4.04. The van der Waals surface area contributed by atoms with Gasteiger partial charge < -0.3 is 15.3 Å². The van der Waals surface area contributed by atoms with Crippen LogP contribution in [-0.4, -0.2) is 21.3 Å². The molecule has 0 radical (unpaired) electrons. The van der Waals surface area contributed by atoms with Crippen LogP contribution in [0.5, 0.6) is 11.5 Å². The van der Waals surface area contributed by atoms with Gasteiger partial charge in [-0.25, -0.2) is 4.39 Å². The van der Waals surface area contributed by atoms with Crippen LogP contribution >= 0.6 is 0 Å². The van der Waals surface area contributed by atoms with Gasteiger partial charge in [-0.1, -0.05) is 19.3 Å². The summed E-state index contributed by atoms with van der Waals surface area (Å²) >= 11 is 0. The van der Waals surface area contributed by atoms with Gasteiger partial charge in [-0.05, 0) is 31.4 Å². The molecule has 1 saturated carbocycles. The average molecular weight is 268 g/mol. The quantitative estimate of drug-likeness (QED) is 0.721. The minimum atomic E-state index is -1.29. The smallest absolute Gasteiger partial charge is 0.314 e. The topological polar surface area (TPSA) is 77.8 Å². The van der Waals surface area contributed by atoms with Crippen molar-refractivity contribution in [1.82, 2.24) is 0 Å². The molecule has 0 atom stereocenters. The molecule has 0 unspecified atom stereocenters. The molecule has 1 aromatic carbocycles. The fraction of sp³-hybridized carbons (Fsp3) is 0.500. The average Bonchev–Trinajstić information content (AvgIpc) is 2.41. The third kappa shape index (κ3) is 2.03. The van der Waals surface area contributed by atoms with Crippen molar-refractivity contribution < 1.29 is 24.5 Å². The summed E-state index contributed by atoms with van der Waals surface area (Å²) in [7, 11) is 0. The number of rotatable bonds is 2. The molecular weight excluding hydrogens is 251 g/mol. The van der Waals surface area contributed by atoms with Crippen molar-refractivity contribution in [3.8, 4) is 11.5 Å². The normalized spacial score (nSPS) is 18.2. The van der Waals surface area contributed by atoms with Crippen molar-refractivity contribution in [3.05, 3.63) is 23.0 Å². The van der Waals surface area contributed by atoms with Gasteiger partial charge in [0.15, 0.2) is 17.3 Å². The molecule has 3 N–H and O–H groups in total. The van der Waals surface area contributed by atoms with E-state index in [1.165, 1.54) is 13.0 Å². The van der Waals surface area contributed by atoms with E-state index in [2.05, 4.69) is 0 Å². The minimum Gasteiger partial charge on any atom is -0.504 e. The first-order valence-corrected chi connectivity index (χ1v) is 6.35. The summed E-state index contributed by atoms with van der Waals surface area (Å²) in [6.07, 6.45) is 3.06. The highest BCUT2D eigenvalue weighted by Crippen LogP contribution is 2.45. The maximum absolute atomic E-state index is 14.2. The standard InChI is InChI=1S/C14H17FO4/c1-8-7-9(10(15)12(17)11(8)16)14(13(18)19)5-3-2-4-6-14/h7,16-17H,2-6H2,1H3,(H,18,19). The van der Waals surface area contributed by atoms with E-state index in [0.717, 1.165) is 6.42 Å². The molecule has 4 nitrogen and oxygen atoms in total. The van der Waals surface area contributed by atoms with Gasteiger partial charge in [0.2, 0.25) is 0 Å². The number of carboxylic acids is 1. The minimum absolute atomic E-state index is 0.0208. The molecule has 1 aliphatic rings. The maximum atomic E-state index is 14.2. The number of phenols is 2. The molecule has 1 aliphatic carbocycles. The first kappa shape index (κ1) is 13.6. The Morgan fingerprint density at radius 1 is 1.21 bits per heavy atom. The van der Waals surface area contributed by atoms with Crippen LogP contribution in [0.15, 0.2) is 6.07 Å². The van der Waals surface area contributed by atoms with Crippen molar-refractivity contribution in [2.75, 3.05) is 0 Å². The molecule has 1 fully saturated rings. The van der Waals surface area contributed by atoms with E-state index in [1.54, 1.807) is 0 Å². The molecule has 1 aromatic rings. The second-order valence-electron chi connectivity index (χ2n) is 5.20. The third-order valence-electron chi connectivity index (χ3n) is 4.04. The summed E-state index contributed by atoms with van der Waals surface area (Å²) in [5.74, 6) is -3.48. The molecule has 0 bridgehead atoms. The summed E-state index contributed by atoms with van der Waals surface area (Å²) in [4.78, 5) is 11.6. The largest absolute Gasteiger partial charge is 0.504 e. The van der Waals surface area contributed by atoms with Gasteiger partial charge in [0.25, 0.3) is 0 Å². The first-order chi connectivity index (χ1) is 8.90. The predicted molar refractivity (Wildman–Crippen MR) is 66.9 cm³/mol. The molecule has 0 heterocycles. The van der Waals surface area contributed by atoms with E-state index in [0.29, 0.717) is 25.7 Å². The number of aromatic hydroxyl groups is 2. The van der Waals surface area contributed by atoms with Crippen molar-refractivity contribution in [3.63, 3.8) is 0 Å². The van der Waals surface area contributed by atoms with E-state index < -0.39 is 28.7 Å². The number of hydrogen-bond donors (Lipinski definition) is 3. The SMILES string of the molecule is Cc1cc(C2(C(=O)O)CCCCC2)c(F)c(O)c1O. The fourth-order valence-electron chi connectivity index (χ4n) is 2.87. The number of carboxylic acid groups (broad SMARTS) is 1. The summed E-state index contributed by atoms with van der Waals surface area (Å²) in [6, 6.07) is 1.34. The summed E-state index contributed by atoms with van der Waals surface area (Å²) < 4.78 is 14.2. The second-order valence-corrected chi connectivity index (χ2v) is 5.20. The van der Waals surface area contributed by atoms with Gasteiger partial charge in [0, 0.05) is 5.56 Å². The Balaban J connectivity index is 2.64. The van der Waals surface area contributed by atoms with Crippen molar-refractivity contribution in [1.29, 1.82) is 0 Å². The van der Waals surface area contributed by atoms with E-state index in [1.807, 2.05) is 0 Å². The van der Waals surface area contributed by atoms with Gasteiger partial charge in [-0.2, -0.15) is 0 Å². The summed E-state index contributed by atoms with van der Waals surface area (Å²) in [6.45, 7) is 1.51. The number of phenolic OH excluding ortho intramolecular Hbond substituents is 2. The lowest BCUT2D eigenvalue weighted by atomic mass is 9.69. The van der Waals surface area contributed by atoms with Gasteiger partial charge >= 0.3 is 5.97 Å². The van der Waals surface area contributed by atoms with E-state index in [-0.39, 0.29) is 11.1 Å². The van der Waals surface area contributed by atoms with Gasteiger partial charge in [-0.3, -0.25) is 4.79 Å². The molecule has 5 heteroatoms. The Hall–Kier alpha value is -1.78. The van der Waals surface area contributed by atoms with Crippen LogP contribution in [0.2, 0.25) is 0 Å². The van der Waals surface area contributed by atoms with Crippen LogP contribution in [-0.2, 0) is 10.2 Å². The Bertz CT molecular complexity index is 519. The zero-order valence-corrected chi connectivity index (χ0v) is 10.7. The monoisotopic (exact) mass is 268 g/mol. The van der Waals surface area contributed by atoms with Gasteiger partial charge in [0.1, 0.15) is 0 Å². The highest BCUT2D eigenvalue weighted by molar-refractivity contribution is 5.82. The number of aryl methyl sites for hydroxylation is 1. The highest BCUT2D eigenvalue weighted by Gasteiger charge is 2.44. The van der Waals surface area contributed by atoms with Gasteiger partial charge in [-0.15, -0.1) is 0 Å². The fourth-order valence-corrected chi connectivity index (χ4v) is 2.87. The molecule has 104 valence electrons. The number of aliphatic carboxylic acids is 1. The maximum Gasteiger partial charge on any atom is 0.314 e. The molecule has 0 saturated heterocycles. The molecule has 0 spiro atoms. The van der Waals surface area contributed by atoms with Crippen molar-refractivity contribution >= 4 is 5.97 Å². The van der Waals surface area contributed by atoms with Crippen LogP contribution in [0.3, 0.4) is 0 Å². The van der Waals surface area contributed by atoms with Crippen LogP contribution in [0.25, 0.3) is 0 Å². The Morgan fingerprint density at radius 2 is 1.79 bits per heavy atom.